The highest BCUT2D eigenvalue weighted by atomic mass is 16.1. The molecular formula is C22H25N5O2. The first-order chi connectivity index (χ1) is 14.2. The van der Waals surface area contributed by atoms with Crippen molar-refractivity contribution in [3.8, 4) is 11.3 Å². The number of piperidine rings is 1. The minimum absolute atomic E-state index is 0.0160. The number of hydrogen-bond acceptors (Lipinski definition) is 5. The molecule has 3 aromatic heterocycles. The maximum absolute atomic E-state index is 12.5. The summed E-state index contributed by atoms with van der Waals surface area (Å²) in [6.07, 6.45) is 8.98. The Balaban J connectivity index is 1.30. The molecule has 0 bridgehead atoms. The van der Waals surface area contributed by atoms with Crippen molar-refractivity contribution in [2.24, 2.45) is 5.92 Å². The lowest BCUT2D eigenvalue weighted by Crippen LogP contribution is -2.38. The zero-order valence-corrected chi connectivity index (χ0v) is 16.4. The number of likely N-dealkylation sites (tertiary alicyclic amines) is 1. The normalized spacial score (nSPS) is 15.4. The third-order valence-electron chi connectivity index (χ3n) is 5.57. The predicted octanol–water partition coefficient (Wildman–Crippen LogP) is 1.88. The fraction of sp³-hybridized carbons (Fsp3) is 0.364. The molecule has 29 heavy (non-hydrogen) atoms. The molecule has 1 fully saturated rings. The third-order valence-corrected chi connectivity index (χ3v) is 5.57. The van der Waals surface area contributed by atoms with Crippen LogP contribution in [-0.4, -0.2) is 43.6 Å². The highest BCUT2D eigenvalue weighted by Gasteiger charge is 2.20. The van der Waals surface area contributed by atoms with Gasteiger partial charge in [0.25, 0.3) is 11.1 Å². The van der Waals surface area contributed by atoms with E-state index in [4.69, 9.17) is 0 Å². The van der Waals surface area contributed by atoms with Gasteiger partial charge in [0.05, 0.1) is 12.0 Å². The molecule has 150 valence electrons. The van der Waals surface area contributed by atoms with Gasteiger partial charge in [0, 0.05) is 55.9 Å². The standard InChI is InChI=1S/C22H25N5O2/c28-21-3-1-2-10-26(21)14-13-25-11-6-18(7-12-25)16-27-17-24-20(15-22(27)29)19-4-8-23-9-5-19/h1-5,8-10,15,17-18H,6-7,11-14,16H2. The molecule has 0 radical (unpaired) electrons. The molecule has 0 unspecified atom stereocenters. The molecule has 4 rings (SSSR count). The topological polar surface area (TPSA) is 73.0 Å². The molecule has 1 aliphatic rings. The van der Waals surface area contributed by atoms with E-state index in [2.05, 4.69) is 14.9 Å². The summed E-state index contributed by atoms with van der Waals surface area (Å²) in [7, 11) is 0. The zero-order valence-electron chi connectivity index (χ0n) is 16.4. The van der Waals surface area contributed by atoms with Crippen LogP contribution in [0, 0.1) is 5.92 Å². The lowest BCUT2D eigenvalue weighted by Gasteiger charge is -2.32. The van der Waals surface area contributed by atoms with Crippen LogP contribution in [0.2, 0.25) is 0 Å². The molecule has 0 atom stereocenters. The van der Waals surface area contributed by atoms with Crippen LogP contribution in [0.15, 0.2) is 70.9 Å². The van der Waals surface area contributed by atoms with Gasteiger partial charge in [-0.05, 0) is 50.0 Å². The summed E-state index contributed by atoms with van der Waals surface area (Å²) in [5, 5.41) is 0. The Morgan fingerprint density at radius 2 is 1.72 bits per heavy atom. The summed E-state index contributed by atoms with van der Waals surface area (Å²) in [5.41, 5.74) is 1.61. The summed E-state index contributed by atoms with van der Waals surface area (Å²) in [6.45, 7) is 4.27. The lowest BCUT2D eigenvalue weighted by molar-refractivity contribution is 0.167. The summed E-state index contributed by atoms with van der Waals surface area (Å²) in [6, 6.07) is 10.6. The van der Waals surface area contributed by atoms with Gasteiger partial charge in [-0.3, -0.25) is 19.1 Å². The van der Waals surface area contributed by atoms with Crippen LogP contribution in [0.25, 0.3) is 11.3 Å². The van der Waals surface area contributed by atoms with E-state index in [0.29, 0.717) is 24.7 Å². The van der Waals surface area contributed by atoms with Gasteiger partial charge in [-0.25, -0.2) is 4.98 Å². The Bertz CT molecular complexity index is 1050. The fourth-order valence-electron chi connectivity index (χ4n) is 3.81. The molecule has 1 aliphatic heterocycles. The van der Waals surface area contributed by atoms with Crippen LogP contribution in [-0.2, 0) is 13.1 Å². The van der Waals surface area contributed by atoms with E-state index in [0.717, 1.165) is 38.0 Å². The maximum atomic E-state index is 12.5. The first-order valence-electron chi connectivity index (χ1n) is 10.0. The molecule has 7 heteroatoms. The van der Waals surface area contributed by atoms with Crippen molar-refractivity contribution in [2.45, 2.75) is 25.9 Å². The zero-order chi connectivity index (χ0) is 20.1. The van der Waals surface area contributed by atoms with Gasteiger partial charge in [-0.1, -0.05) is 6.07 Å². The minimum Gasteiger partial charge on any atom is -0.314 e. The van der Waals surface area contributed by atoms with Crippen molar-refractivity contribution in [1.29, 1.82) is 0 Å². The van der Waals surface area contributed by atoms with E-state index in [-0.39, 0.29) is 11.1 Å². The third kappa shape index (κ3) is 4.86. The Morgan fingerprint density at radius 1 is 0.931 bits per heavy atom. The van der Waals surface area contributed by atoms with Crippen LogP contribution >= 0.6 is 0 Å². The number of nitrogens with zero attached hydrogens (tertiary/aromatic N) is 5. The molecular weight excluding hydrogens is 366 g/mol. The number of aromatic nitrogens is 4. The van der Waals surface area contributed by atoms with Gasteiger partial charge in [-0.15, -0.1) is 0 Å². The average Bonchev–Trinajstić information content (AvgIpc) is 2.76. The lowest BCUT2D eigenvalue weighted by atomic mass is 9.96. The molecule has 3 aromatic rings. The number of hydrogen-bond donors (Lipinski definition) is 0. The van der Waals surface area contributed by atoms with Crippen LogP contribution in [0.4, 0.5) is 0 Å². The smallest absolute Gasteiger partial charge is 0.253 e. The van der Waals surface area contributed by atoms with E-state index in [1.54, 1.807) is 46.1 Å². The van der Waals surface area contributed by atoms with Gasteiger partial charge >= 0.3 is 0 Å². The molecule has 7 nitrogen and oxygen atoms in total. The Labute approximate surface area is 169 Å². The largest absolute Gasteiger partial charge is 0.314 e. The average molecular weight is 391 g/mol. The highest BCUT2D eigenvalue weighted by molar-refractivity contribution is 5.57. The second-order valence-electron chi connectivity index (χ2n) is 7.52. The van der Waals surface area contributed by atoms with Crippen molar-refractivity contribution < 1.29 is 0 Å². The summed E-state index contributed by atoms with van der Waals surface area (Å²) in [5.74, 6) is 0.469. The summed E-state index contributed by atoms with van der Waals surface area (Å²) in [4.78, 5) is 35.1. The van der Waals surface area contributed by atoms with Crippen molar-refractivity contribution in [1.82, 2.24) is 24.0 Å². The SMILES string of the molecule is O=c1ccccn1CCN1CCC(Cn2cnc(-c3ccncc3)cc2=O)CC1. The summed E-state index contributed by atoms with van der Waals surface area (Å²) >= 11 is 0. The monoisotopic (exact) mass is 391 g/mol. The van der Waals surface area contributed by atoms with Crippen LogP contribution in [0.3, 0.4) is 0 Å². The predicted molar refractivity (Wildman–Crippen MR) is 112 cm³/mol. The molecule has 4 heterocycles. The van der Waals surface area contributed by atoms with Gasteiger partial charge in [-0.2, -0.15) is 0 Å². The Morgan fingerprint density at radius 3 is 2.45 bits per heavy atom. The maximum Gasteiger partial charge on any atom is 0.253 e. The van der Waals surface area contributed by atoms with Crippen molar-refractivity contribution in [3.63, 3.8) is 0 Å². The van der Waals surface area contributed by atoms with Gasteiger partial charge in [0.2, 0.25) is 0 Å². The highest BCUT2D eigenvalue weighted by Crippen LogP contribution is 2.19. The van der Waals surface area contributed by atoms with Crippen LogP contribution in [0.5, 0.6) is 0 Å². The summed E-state index contributed by atoms with van der Waals surface area (Å²) < 4.78 is 3.47. The molecule has 0 spiro atoms. The second-order valence-corrected chi connectivity index (χ2v) is 7.52. The quantitative estimate of drug-likeness (QED) is 0.642. The molecule has 0 aromatic carbocycles. The van der Waals surface area contributed by atoms with E-state index >= 15 is 0 Å². The van der Waals surface area contributed by atoms with Gasteiger partial charge in [0.1, 0.15) is 0 Å². The number of pyridine rings is 2. The van der Waals surface area contributed by atoms with Crippen molar-refractivity contribution >= 4 is 0 Å². The van der Waals surface area contributed by atoms with Crippen molar-refractivity contribution in [3.05, 3.63) is 82.0 Å². The minimum atomic E-state index is -0.0160. The fourth-order valence-corrected chi connectivity index (χ4v) is 3.81. The first-order valence-corrected chi connectivity index (χ1v) is 10.0. The van der Waals surface area contributed by atoms with Crippen LogP contribution in [0.1, 0.15) is 12.8 Å². The van der Waals surface area contributed by atoms with E-state index in [9.17, 15) is 9.59 Å². The molecule has 0 saturated carbocycles. The molecule has 0 amide bonds. The van der Waals surface area contributed by atoms with E-state index < -0.39 is 0 Å². The molecule has 0 N–H and O–H groups in total. The second kappa shape index (κ2) is 8.96. The van der Waals surface area contributed by atoms with Crippen LogP contribution < -0.4 is 11.1 Å². The Hall–Kier alpha value is -3.06. The first kappa shape index (κ1) is 19.3. The molecule has 1 saturated heterocycles. The number of rotatable bonds is 6. The van der Waals surface area contributed by atoms with Gasteiger partial charge < -0.3 is 9.47 Å². The van der Waals surface area contributed by atoms with E-state index in [1.807, 2.05) is 24.4 Å². The molecule has 0 aliphatic carbocycles. The van der Waals surface area contributed by atoms with Crippen molar-refractivity contribution in [2.75, 3.05) is 19.6 Å². The Kier molecular flexibility index (Phi) is 5.95. The van der Waals surface area contributed by atoms with Gasteiger partial charge in [0.15, 0.2) is 0 Å². The van der Waals surface area contributed by atoms with E-state index in [1.165, 1.54) is 0 Å².